The summed E-state index contributed by atoms with van der Waals surface area (Å²) < 4.78 is 6.53. The van der Waals surface area contributed by atoms with Gasteiger partial charge in [-0.25, -0.2) is 0 Å². The summed E-state index contributed by atoms with van der Waals surface area (Å²) in [5.41, 5.74) is 8.51. The lowest BCUT2D eigenvalue weighted by Crippen LogP contribution is -2.70. The molecule has 1 saturated heterocycles. The number of aryl methyl sites for hydroxylation is 2. The van der Waals surface area contributed by atoms with E-state index in [9.17, 15) is 0 Å². The second-order valence-corrected chi connectivity index (χ2v) is 11.5. The Hall–Kier alpha value is -2.12. The van der Waals surface area contributed by atoms with E-state index < -0.39 is 0 Å². The van der Waals surface area contributed by atoms with Gasteiger partial charge in [0.15, 0.2) is 0 Å². The third kappa shape index (κ3) is 2.59. The first-order chi connectivity index (χ1) is 14.4. The largest absolute Gasteiger partial charge is 0.368 e. The van der Waals surface area contributed by atoms with E-state index in [2.05, 4.69) is 104 Å². The molecule has 0 N–H and O–H groups in total. The second kappa shape index (κ2) is 6.23. The Labute approximate surface area is 187 Å². The summed E-state index contributed by atoms with van der Waals surface area (Å²) >= 11 is 0. The first-order valence-electron chi connectivity index (χ1n) is 11.8. The Kier molecular flexibility index (Phi) is 4.17. The van der Waals surface area contributed by atoms with Gasteiger partial charge in [-0.2, -0.15) is 0 Å². The van der Waals surface area contributed by atoms with Gasteiger partial charge in [-0.3, -0.25) is 0 Å². The van der Waals surface area contributed by atoms with Gasteiger partial charge in [0.05, 0.1) is 11.2 Å². The molecule has 2 atom stereocenters. The Morgan fingerprint density at radius 1 is 0.742 bits per heavy atom. The van der Waals surface area contributed by atoms with Crippen LogP contribution in [-0.4, -0.2) is 11.2 Å². The van der Waals surface area contributed by atoms with Gasteiger partial charge in [0.25, 0.3) is 0 Å². The van der Waals surface area contributed by atoms with Crippen molar-refractivity contribution in [2.24, 2.45) is 5.41 Å². The van der Waals surface area contributed by atoms with E-state index >= 15 is 0 Å². The molecule has 1 aliphatic heterocycles. The van der Waals surface area contributed by atoms with Crippen LogP contribution in [-0.2, 0) is 10.2 Å². The number of fused-ring (bicyclic) bond motifs is 5. The van der Waals surface area contributed by atoms with E-state index in [1.165, 1.54) is 44.2 Å². The average molecular weight is 413 g/mol. The van der Waals surface area contributed by atoms with Gasteiger partial charge < -0.3 is 4.74 Å². The van der Waals surface area contributed by atoms with Gasteiger partial charge >= 0.3 is 0 Å². The monoisotopic (exact) mass is 412 g/mol. The van der Waals surface area contributed by atoms with Crippen LogP contribution in [0, 0.1) is 19.3 Å². The lowest BCUT2D eigenvalue weighted by Gasteiger charge is -2.66. The van der Waals surface area contributed by atoms with E-state index in [-0.39, 0.29) is 22.0 Å². The lowest BCUT2D eigenvalue weighted by molar-refractivity contribution is -0.350. The van der Waals surface area contributed by atoms with Gasteiger partial charge in [-0.05, 0) is 86.1 Å². The van der Waals surface area contributed by atoms with Crippen LogP contribution in [0.3, 0.4) is 0 Å². The standard InChI is InChI=1S/C30H36O/c1-19-13-14-23-24(17-19)29(7,15-16-30(8)27(3,4)28(5,6)31-30)25-18-20(2)21-11-9-10-12-22(21)26(23)25/h9-14,17-18H,15-16H2,1-8H3. The van der Waals surface area contributed by atoms with Crippen molar-refractivity contribution in [2.75, 3.05) is 0 Å². The van der Waals surface area contributed by atoms with Gasteiger partial charge in [0, 0.05) is 10.8 Å². The summed E-state index contributed by atoms with van der Waals surface area (Å²) in [6, 6.07) is 18.4. The van der Waals surface area contributed by atoms with E-state index in [1.807, 2.05) is 0 Å². The molecule has 3 aromatic rings. The zero-order valence-electron chi connectivity index (χ0n) is 20.4. The first kappa shape index (κ1) is 20.8. The predicted molar refractivity (Wildman–Crippen MR) is 132 cm³/mol. The zero-order valence-corrected chi connectivity index (χ0v) is 20.4. The predicted octanol–water partition coefficient (Wildman–Crippen LogP) is 8.12. The highest BCUT2D eigenvalue weighted by atomic mass is 16.6. The molecule has 2 unspecified atom stereocenters. The summed E-state index contributed by atoms with van der Waals surface area (Å²) in [6.45, 7) is 18.5. The van der Waals surface area contributed by atoms with Crippen molar-refractivity contribution in [1.29, 1.82) is 0 Å². The maximum absolute atomic E-state index is 6.53. The summed E-state index contributed by atoms with van der Waals surface area (Å²) in [6.07, 6.45) is 2.14. The smallest absolute Gasteiger partial charge is 0.0740 e. The average Bonchev–Trinajstić information content (AvgIpc) is 2.95. The summed E-state index contributed by atoms with van der Waals surface area (Å²) in [5, 5.41) is 2.76. The maximum Gasteiger partial charge on any atom is 0.0740 e. The Morgan fingerprint density at radius 3 is 2.06 bits per heavy atom. The van der Waals surface area contributed by atoms with Gasteiger partial charge in [0.1, 0.15) is 0 Å². The van der Waals surface area contributed by atoms with Gasteiger partial charge in [-0.15, -0.1) is 0 Å². The van der Waals surface area contributed by atoms with Crippen LogP contribution >= 0.6 is 0 Å². The zero-order chi connectivity index (χ0) is 22.4. The maximum atomic E-state index is 6.53. The topological polar surface area (TPSA) is 9.23 Å². The molecule has 1 nitrogen and oxygen atoms in total. The van der Waals surface area contributed by atoms with E-state index in [4.69, 9.17) is 4.74 Å². The molecule has 0 aromatic heterocycles. The third-order valence-corrected chi connectivity index (χ3v) is 9.29. The molecule has 0 bridgehead atoms. The lowest BCUT2D eigenvalue weighted by atomic mass is 9.57. The molecule has 1 heteroatoms. The van der Waals surface area contributed by atoms with Crippen molar-refractivity contribution in [1.82, 2.24) is 0 Å². The molecule has 162 valence electrons. The van der Waals surface area contributed by atoms with E-state index in [1.54, 1.807) is 0 Å². The normalized spacial score (nSPS) is 27.6. The van der Waals surface area contributed by atoms with Crippen LogP contribution in [0.4, 0.5) is 0 Å². The molecule has 31 heavy (non-hydrogen) atoms. The molecule has 5 rings (SSSR count). The number of benzene rings is 3. The molecule has 3 aromatic carbocycles. The number of hydrogen-bond donors (Lipinski definition) is 0. The van der Waals surface area contributed by atoms with Crippen molar-refractivity contribution >= 4 is 10.8 Å². The number of ether oxygens (including phenoxy) is 1. The van der Waals surface area contributed by atoms with Crippen molar-refractivity contribution in [3.63, 3.8) is 0 Å². The minimum absolute atomic E-state index is 0.00629. The van der Waals surface area contributed by atoms with Crippen LogP contribution in [0.1, 0.15) is 76.6 Å². The van der Waals surface area contributed by atoms with Crippen molar-refractivity contribution < 1.29 is 4.74 Å². The highest BCUT2D eigenvalue weighted by Gasteiger charge is 2.63. The molecule has 0 spiro atoms. The van der Waals surface area contributed by atoms with Crippen LogP contribution in [0.5, 0.6) is 0 Å². The quantitative estimate of drug-likeness (QED) is 0.422. The Balaban J connectivity index is 1.66. The Morgan fingerprint density at radius 2 is 1.42 bits per heavy atom. The summed E-state index contributed by atoms with van der Waals surface area (Å²) in [5.74, 6) is 0. The number of rotatable bonds is 3. The molecule has 0 saturated carbocycles. The highest BCUT2D eigenvalue weighted by Crippen LogP contribution is 2.61. The van der Waals surface area contributed by atoms with E-state index in [0.717, 1.165) is 12.8 Å². The van der Waals surface area contributed by atoms with E-state index in [0.29, 0.717) is 0 Å². The molecule has 0 amide bonds. The third-order valence-electron chi connectivity index (χ3n) is 9.29. The number of hydrogen-bond acceptors (Lipinski definition) is 1. The van der Waals surface area contributed by atoms with Gasteiger partial charge in [-0.1, -0.05) is 74.9 Å². The van der Waals surface area contributed by atoms with Crippen molar-refractivity contribution in [3.8, 4) is 11.1 Å². The van der Waals surface area contributed by atoms with Crippen LogP contribution < -0.4 is 0 Å². The summed E-state index contributed by atoms with van der Waals surface area (Å²) in [7, 11) is 0. The second-order valence-electron chi connectivity index (χ2n) is 11.5. The fraction of sp³-hybridized carbons (Fsp3) is 0.467. The molecule has 0 radical (unpaired) electrons. The van der Waals surface area contributed by atoms with Crippen molar-refractivity contribution in [2.45, 2.75) is 84.8 Å². The van der Waals surface area contributed by atoms with Gasteiger partial charge in [0.2, 0.25) is 0 Å². The minimum atomic E-state index is -0.0991. The van der Waals surface area contributed by atoms with Crippen LogP contribution in [0.25, 0.3) is 21.9 Å². The minimum Gasteiger partial charge on any atom is -0.368 e. The molecule has 1 heterocycles. The first-order valence-corrected chi connectivity index (χ1v) is 11.8. The van der Waals surface area contributed by atoms with Crippen molar-refractivity contribution in [3.05, 3.63) is 70.8 Å². The van der Waals surface area contributed by atoms with Crippen LogP contribution in [0.2, 0.25) is 0 Å². The van der Waals surface area contributed by atoms with Crippen LogP contribution in [0.15, 0.2) is 48.5 Å². The molecular formula is C30H36O. The molecular weight excluding hydrogens is 376 g/mol. The SMILES string of the molecule is Cc1ccc2c(c1)C(C)(CCC1(C)OC(C)(C)C1(C)C)c1cc(C)c3ccccc3c1-2. The molecule has 2 aliphatic rings. The fourth-order valence-electron chi connectivity index (χ4n) is 6.29. The Bertz CT molecular complexity index is 1210. The summed E-state index contributed by atoms with van der Waals surface area (Å²) in [4.78, 5) is 0. The highest BCUT2D eigenvalue weighted by molar-refractivity contribution is 6.03. The molecule has 1 fully saturated rings. The molecule has 1 aliphatic carbocycles. The fourth-order valence-corrected chi connectivity index (χ4v) is 6.29.